The van der Waals surface area contributed by atoms with Crippen LogP contribution < -0.4 is 4.90 Å². The summed E-state index contributed by atoms with van der Waals surface area (Å²) in [5, 5.41) is 4.08. The molecule has 208 valence electrons. The van der Waals surface area contributed by atoms with Gasteiger partial charge in [-0.05, 0) is 73.8 Å². The molecule has 0 N–H and O–H groups in total. The van der Waals surface area contributed by atoms with Crippen molar-refractivity contribution >= 4 is 23.4 Å². The van der Waals surface area contributed by atoms with Gasteiger partial charge in [-0.3, -0.25) is 0 Å². The summed E-state index contributed by atoms with van der Waals surface area (Å²) in [7, 11) is 0. The van der Waals surface area contributed by atoms with Gasteiger partial charge >= 0.3 is 5.97 Å². The predicted octanol–water partition coefficient (Wildman–Crippen LogP) is 9.13. The van der Waals surface area contributed by atoms with Crippen LogP contribution in [0.15, 0.2) is 23.4 Å². The summed E-state index contributed by atoms with van der Waals surface area (Å²) in [5.41, 5.74) is 5.86. The van der Waals surface area contributed by atoms with E-state index in [0.717, 1.165) is 30.6 Å². The number of carbonyl (C=O) groups excluding carboxylic acids is 1. The lowest BCUT2D eigenvalue weighted by Gasteiger charge is -2.33. The van der Waals surface area contributed by atoms with Gasteiger partial charge in [0, 0.05) is 24.2 Å². The predicted molar refractivity (Wildman–Crippen MR) is 160 cm³/mol. The molecule has 0 amide bonds. The van der Waals surface area contributed by atoms with Crippen molar-refractivity contribution in [3.8, 4) is 0 Å². The summed E-state index contributed by atoms with van der Waals surface area (Å²) < 4.78 is 0. The van der Waals surface area contributed by atoms with Crippen molar-refractivity contribution in [1.82, 2.24) is 0 Å². The molecule has 0 saturated heterocycles. The van der Waals surface area contributed by atoms with E-state index in [2.05, 4.69) is 96.7 Å². The highest BCUT2D eigenvalue weighted by molar-refractivity contribution is 6.07. The van der Waals surface area contributed by atoms with E-state index in [4.69, 9.17) is 4.84 Å². The number of nitrogens with zero attached hydrogens (tertiary/aromatic N) is 2. The monoisotopic (exact) mass is 510 g/mol. The lowest BCUT2D eigenvalue weighted by Crippen LogP contribution is -2.34. The first kappa shape index (κ1) is 31.1. The third-order valence-electron chi connectivity index (χ3n) is 7.99. The fourth-order valence-electron chi connectivity index (χ4n) is 5.58. The fourth-order valence-corrected chi connectivity index (χ4v) is 5.58. The quantitative estimate of drug-likeness (QED) is 0.221. The summed E-state index contributed by atoms with van der Waals surface area (Å²) in [6, 6.07) is 4.76. The van der Waals surface area contributed by atoms with Crippen LogP contribution in [0.3, 0.4) is 0 Å². The van der Waals surface area contributed by atoms with Crippen LogP contribution in [-0.2, 0) is 9.63 Å². The first-order chi connectivity index (χ1) is 17.5. The number of hydrogen-bond acceptors (Lipinski definition) is 4. The van der Waals surface area contributed by atoms with Crippen molar-refractivity contribution in [3.63, 3.8) is 0 Å². The molecule has 4 nitrogen and oxygen atoms in total. The molecule has 1 aliphatic heterocycles. The molecule has 0 bridgehead atoms. The Balaban J connectivity index is 2.27. The summed E-state index contributed by atoms with van der Waals surface area (Å²) in [6.07, 6.45) is 13.8. The number of allylic oxidation sites excluding steroid dienone is 1. The van der Waals surface area contributed by atoms with Crippen LogP contribution in [0.2, 0.25) is 0 Å². The second-order valence-corrected chi connectivity index (χ2v) is 12.2. The third-order valence-corrected chi connectivity index (χ3v) is 7.99. The highest BCUT2D eigenvalue weighted by Crippen LogP contribution is 2.31. The van der Waals surface area contributed by atoms with E-state index in [0.29, 0.717) is 6.42 Å². The number of benzene rings is 1. The molecule has 0 saturated carbocycles. The van der Waals surface area contributed by atoms with Gasteiger partial charge in [0.25, 0.3) is 0 Å². The van der Waals surface area contributed by atoms with E-state index in [9.17, 15) is 4.79 Å². The van der Waals surface area contributed by atoms with Gasteiger partial charge in [-0.1, -0.05) is 97.9 Å². The molecule has 2 unspecified atom stereocenters. The van der Waals surface area contributed by atoms with Crippen LogP contribution in [0.1, 0.15) is 117 Å². The second-order valence-electron chi connectivity index (χ2n) is 12.2. The zero-order valence-corrected chi connectivity index (χ0v) is 25.3. The normalized spacial score (nSPS) is 17.7. The number of rotatable bonds is 15. The molecule has 0 aliphatic carbocycles. The highest BCUT2D eigenvalue weighted by atomic mass is 16.7. The zero-order valence-electron chi connectivity index (χ0n) is 25.3. The summed E-state index contributed by atoms with van der Waals surface area (Å²) in [4.78, 5) is 20.0. The molecule has 1 aromatic carbocycles. The van der Waals surface area contributed by atoms with Gasteiger partial charge in [-0.25, -0.2) is 4.79 Å². The average Bonchev–Trinajstić information content (AvgIpc) is 3.22. The van der Waals surface area contributed by atoms with Crippen LogP contribution >= 0.6 is 0 Å². The Bertz CT molecular complexity index is 902. The lowest BCUT2D eigenvalue weighted by molar-refractivity contribution is -0.143. The SMILES string of the molecule is CCCCC(CC)CN(CC(CC)CCC)c1cc(C)c(/C=C\C[C@@H]2C(=O)ON=C2C(C)(C)C)c(C)c1. The van der Waals surface area contributed by atoms with E-state index < -0.39 is 0 Å². The Labute approximate surface area is 227 Å². The van der Waals surface area contributed by atoms with Crippen molar-refractivity contribution in [2.24, 2.45) is 28.3 Å². The maximum atomic E-state index is 12.3. The molecule has 0 spiro atoms. The first-order valence-electron chi connectivity index (χ1n) is 14.9. The van der Waals surface area contributed by atoms with Gasteiger partial charge in [-0.15, -0.1) is 0 Å². The second kappa shape index (κ2) is 14.7. The van der Waals surface area contributed by atoms with Crippen LogP contribution in [0.4, 0.5) is 5.69 Å². The number of oxime groups is 1. The Morgan fingerprint density at radius 3 is 2.08 bits per heavy atom. The average molecular weight is 511 g/mol. The van der Waals surface area contributed by atoms with Crippen LogP contribution in [0.5, 0.6) is 0 Å². The summed E-state index contributed by atoms with van der Waals surface area (Å²) in [6.45, 7) is 22.3. The number of anilines is 1. The molecular formula is C33H54N2O2. The fraction of sp³-hybridized carbons (Fsp3) is 0.697. The highest BCUT2D eigenvalue weighted by Gasteiger charge is 2.38. The van der Waals surface area contributed by atoms with Crippen molar-refractivity contribution in [3.05, 3.63) is 34.9 Å². The number of unbranched alkanes of at least 4 members (excludes halogenated alkanes) is 1. The van der Waals surface area contributed by atoms with Gasteiger partial charge in [0.15, 0.2) is 0 Å². The number of carbonyl (C=O) groups is 1. The van der Waals surface area contributed by atoms with E-state index in [1.54, 1.807) is 0 Å². The van der Waals surface area contributed by atoms with Crippen LogP contribution in [0.25, 0.3) is 6.08 Å². The van der Waals surface area contributed by atoms with Gasteiger partial charge < -0.3 is 9.74 Å². The molecule has 3 atom stereocenters. The first-order valence-corrected chi connectivity index (χ1v) is 14.9. The van der Waals surface area contributed by atoms with E-state index in [1.165, 1.54) is 67.3 Å². The van der Waals surface area contributed by atoms with Gasteiger partial charge in [0.2, 0.25) is 0 Å². The lowest BCUT2D eigenvalue weighted by atomic mass is 9.81. The Hall–Kier alpha value is -2.10. The topological polar surface area (TPSA) is 41.9 Å². The Morgan fingerprint density at radius 2 is 1.57 bits per heavy atom. The molecular weight excluding hydrogens is 456 g/mol. The Kier molecular flexibility index (Phi) is 12.4. The Morgan fingerprint density at radius 1 is 0.973 bits per heavy atom. The molecule has 37 heavy (non-hydrogen) atoms. The minimum Gasteiger partial charge on any atom is -0.371 e. The maximum Gasteiger partial charge on any atom is 0.344 e. The number of aryl methyl sites for hydroxylation is 2. The van der Waals surface area contributed by atoms with E-state index >= 15 is 0 Å². The molecule has 2 rings (SSSR count). The maximum absolute atomic E-state index is 12.3. The molecule has 1 aromatic rings. The minimum absolute atomic E-state index is 0.177. The smallest absolute Gasteiger partial charge is 0.344 e. The molecule has 4 heteroatoms. The summed E-state index contributed by atoms with van der Waals surface area (Å²) in [5.74, 6) is 0.952. The van der Waals surface area contributed by atoms with Gasteiger partial charge in [-0.2, -0.15) is 0 Å². The van der Waals surface area contributed by atoms with Crippen LogP contribution in [-0.4, -0.2) is 24.8 Å². The van der Waals surface area contributed by atoms with E-state index in [-0.39, 0.29) is 17.3 Å². The third kappa shape index (κ3) is 9.00. The minimum atomic E-state index is -0.287. The molecule has 0 fully saturated rings. The van der Waals surface area contributed by atoms with Gasteiger partial charge in [0.1, 0.15) is 5.92 Å². The van der Waals surface area contributed by atoms with Gasteiger partial charge in [0.05, 0.1) is 5.71 Å². The van der Waals surface area contributed by atoms with Crippen molar-refractivity contribution in [1.29, 1.82) is 0 Å². The largest absolute Gasteiger partial charge is 0.371 e. The standard InChI is InChI=1S/C33H54N2O2/c1-10-14-17-27(13-4)23-35(22-26(12-3)16-11-2)28-20-24(5)29(25(6)21-28)18-15-19-30-31(33(7,8)9)34-37-32(30)36/h15,18,20-21,26-27,30H,10-14,16-17,19,22-23H2,1-9H3/b18-15-/t26?,27?,30-/m0/s1. The molecule has 1 heterocycles. The van der Waals surface area contributed by atoms with Crippen LogP contribution in [0, 0.1) is 37.0 Å². The molecule has 0 aromatic heterocycles. The van der Waals surface area contributed by atoms with Crippen molar-refractivity contribution in [2.75, 3.05) is 18.0 Å². The zero-order chi connectivity index (χ0) is 27.6. The van der Waals surface area contributed by atoms with Crippen molar-refractivity contribution < 1.29 is 9.63 Å². The van der Waals surface area contributed by atoms with E-state index in [1.807, 2.05) is 0 Å². The summed E-state index contributed by atoms with van der Waals surface area (Å²) >= 11 is 0. The van der Waals surface area contributed by atoms with Crippen molar-refractivity contribution in [2.45, 2.75) is 114 Å². The number of hydrogen-bond donors (Lipinski definition) is 0. The molecule has 0 radical (unpaired) electrons. The molecule has 1 aliphatic rings.